The Morgan fingerprint density at radius 1 is 1.07 bits per heavy atom. The number of hydrogen-bond acceptors (Lipinski definition) is 3. The first-order valence-corrected chi connectivity index (χ1v) is 9.30. The first-order chi connectivity index (χ1) is 12.9. The first kappa shape index (κ1) is 20.4. The van der Waals surface area contributed by atoms with Crippen LogP contribution in [0.5, 0.6) is 0 Å². The number of carbonyl (C=O) groups excluding carboxylic acids is 2. The van der Waals surface area contributed by atoms with Gasteiger partial charge in [-0.2, -0.15) is 0 Å². The predicted octanol–water partition coefficient (Wildman–Crippen LogP) is 3.06. The SMILES string of the molecule is CCCCN(CC)C(=O)c1ccc(NC(=O)Cn2cc(C)ccc2=O)cc1. The zero-order valence-corrected chi connectivity index (χ0v) is 16.2. The Kier molecular flexibility index (Phi) is 7.34. The number of anilines is 1. The van der Waals surface area contributed by atoms with Crippen molar-refractivity contribution >= 4 is 17.5 Å². The molecule has 0 saturated heterocycles. The molecule has 1 N–H and O–H groups in total. The van der Waals surface area contributed by atoms with E-state index in [-0.39, 0.29) is 23.9 Å². The summed E-state index contributed by atoms with van der Waals surface area (Å²) in [5.41, 5.74) is 1.88. The number of hydrogen-bond donors (Lipinski definition) is 1. The van der Waals surface area contributed by atoms with Gasteiger partial charge in [-0.15, -0.1) is 0 Å². The van der Waals surface area contributed by atoms with Crippen molar-refractivity contribution in [1.82, 2.24) is 9.47 Å². The molecule has 2 amide bonds. The van der Waals surface area contributed by atoms with Gasteiger partial charge in [-0.25, -0.2) is 0 Å². The van der Waals surface area contributed by atoms with E-state index in [1.807, 2.05) is 18.7 Å². The van der Waals surface area contributed by atoms with Gasteiger partial charge in [0.2, 0.25) is 5.91 Å². The third-order valence-electron chi connectivity index (χ3n) is 4.31. The van der Waals surface area contributed by atoms with Crippen molar-refractivity contribution in [3.05, 3.63) is 64.1 Å². The van der Waals surface area contributed by atoms with Crippen LogP contribution in [0.1, 0.15) is 42.6 Å². The molecule has 0 aliphatic rings. The maximum Gasteiger partial charge on any atom is 0.253 e. The molecular formula is C21H27N3O3. The smallest absolute Gasteiger partial charge is 0.253 e. The second-order valence-electron chi connectivity index (χ2n) is 6.54. The summed E-state index contributed by atoms with van der Waals surface area (Å²) in [5, 5.41) is 2.76. The monoisotopic (exact) mass is 369 g/mol. The van der Waals surface area contributed by atoms with Crippen LogP contribution in [0.25, 0.3) is 0 Å². The Morgan fingerprint density at radius 3 is 2.41 bits per heavy atom. The minimum atomic E-state index is -0.292. The van der Waals surface area contributed by atoms with Gasteiger partial charge >= 0.3 is 0 Å². The van der Waals surface area contributed by atoms with Gasteiger partial charge in [0.1, 0.15) is 6.54 Å². The Bertz CT molecular complexity index is 840. The number of carbonyl (C=O) groups is 2. The molecule has 0 saturated carbocycles. The normalized spacial score (nSPS) is 10.5. The summed E-state index contributed by atoms with van der Waals surface area (Å²) < 4.78 is 1.37. The molecule has 1 aromatic heterocycles. The third kappa shape index (κ3) is 5.81. The van der Waals surface area contributed by atoms with E-state index >= 15 is 0 Å². The fourth-order valence-corrected chi connectivity index (χ4v) is 2.76. The van der Waals surface area contributed by atoms with E-state index in [2.05, 4.69) is 12.2 Å². The molecule has 0 aliphatic carbocycles. The molecule has 2 aromatic rings. The highest BCUT2D eigenvalue weighted by atomic mass is 16.2. The van der Waals surface area contributed by atoms with Gasteiger partial charge in [0, 0.05) is 36.6 Å². The molecule has 0 bridgehead atoms. The number of aryl methyl sites for hydroxylation is 1. The molecular weight excluding hydrogens is 342 g/mol. The molecule has 6 heteroatoms. The van der Waals surface area contributed by atoms with Crippen LogP contribution in [0, 0.1) is 6.92 Å². The highest BCUT2D eigenvalue weighted by molar-refractivity contribution is 5.95. The summed E-state index contributed by atoms with van der Waals surface area (Å²) in [6.45, 7) is 7.29. The molecule has 0 aliphatic heterocycles. The highest BCUT2D eigenvalue weighted by Gasteiger charge is 2.13. The quantitative estimate of drug-likeness (QED) is 0.777. The fourth-order valence-electron chi connectivity index (χ4n) is 2.76. The van der Waals surface area contributed by atoms with Crippen LogP contribution < -0.4 is 10.9 Å². The summed E-state index contributed by atoms with van der Waals surface area (Å²) in [5.74, 6) is -0.296. The van der Waals surface area contributed by atoms with Crippen LogP contribution in [0.3, 0.4) is 0 Å². The Balaban J connectivity index is 2.00. The predicted molar refractivity (Wildman–Crippen MR) is 107 cm³/mol. The van der Waals surface area contributed by atoms with Crippen molar-refractivity contribution in [3.8, 4) is 0 Å². The fraction of sp³-hybridized carbons (Fsp3) is 0.381. The number of nitrogens with zero attached hydrogens (tertiary/aromatic N) is 2. The lowest BCUT2D eigenvalue weighted by atomic mass is 10.1. The molecule has 0 spiro atoms. The maximum atomic E-state index is 12.5. The van der Waals surface area contributed by atoms with Crippen LogP contribution in [0.4, 0.5) is 5.69 Å². The van der Waals surface area contributed by atoms with Crippen molar-refractivity contribution in [2.75, 3.05) is 18.4 Å². The minimum absolute atomic E-state index is 0.00450. The lowest BCUT2D eigenvalue weighted by molar-refractivity contribution is -0.116. The van der Waals surface area contributed by atoms with E-state index in [0.29, 0.717) is 17.8 Å². The van der Waals surface area contributed by atoms with Crippen LogP contribution in [-0.2, 0) is 11.3 Å². The topological polar surface area (TPSA) is 71.4 Å². The molecule has 6 nitrogen and oxygen atoms in total. The number of aromatic nitrogens is 1. The Morgan fingerprint density at radius 2 is 1.78 bits per heavy atom. The number of nitrogens with one attached hydrogen (secondary N) is 1. The van der Waals surface area contributed by atoms with Crippen LogP contribution in [0.15, 0.2) is 47.4 Å². The molecule has 1 aromatic carbocycles. The molecule has 0 atom stereocenters. The summed E-state index contributed by atoms with van der Waals surface area (Å²) in [6, 6.07) is 10.0. The van der Waals surface area contributed by atoms with E-state index in [9.17, 15) is 14.4 Å². The number of amides is 2. The molecule has 144 valence electrons. The second-order valence-corrected chi connectivity index (χ2v) is 6.54. The summed E-state index contributed by atoms with van der Waals surface area (Å²) in [6.07, 6.45) is 3.67. The average molecular weight is 369 g/mol. The second kappa shape index (κ2) is 9.71. The van der Waals surface area contributed by atoms with Gasteiger partial charge in [-0.1, -0.05) is 19.4 Å². The average Bonchev–Trinajstić information content (AvgIpc) is 2.65. The Labute approximate surface area is 159 Å². The van der Waals surface area contributed by atoms with Gasteiger partial charge in [0.15, 0.2) is 0 Å². The minimum Gasteiger partial charge on any atom is -0.339 e. The zero-order valence-electron chi connectivity index (χ0n) is 16.2. The van der Waals surface area contributed by atoms with Crippen molar-refractivity contribution < 1.29 is 9.59 Å². The summed E-state index contributed by atoms with van der Waals surface area (Å²) in [7, 11) is 0. The van der Waals surface area contributed by atoms with E-state index in [0.717, 1.165) is 24.9 Å². The van der Waals surface area contributed by atoms with Crippen molar-refractivity contribution in [2.24, 2.45) is 0 Å². The molecule has 27 heavy (non-hydrogen) atoms. The first-order valence-electron chi connectivity index (χ1n) is 9.30. The van der Waals surface area contributed by atoms with Crippen molar-refractivity contribution in [1.29, 1.82) is 0 Å². The van der Waals surface area contributed by atoms with Crippen molar-refractivity contribution in [3.63, 3.8) is 0 Å². The van der Waals surface area contributed by atoms with Gasteiger partial charge < -0.3 is 14.8 Å². The molecule has 0 unspecified atom stereocenters. The largest absolute Gasteiger partial charge is 0.339 e. The van der Waals surface area contributed by atoms with E-state index in [1.54, 1.807) is 36.5 Å². The molecule has 0 radical (unpaired) electrons. The summed E-state index contributed by atoms with van der Waals surface area (Å²) >= 11 is 0. The number of pyridine rings is 1. The van der Waals surface area contributed by atoms with E-state index in [4.69, 9.17) is 0 Å². The van der Waals surface area contributed by atoms with Crippen LogP contribution in [0.2, 0.25) is 0 Å². The lowest BCUT2D eigenvalue weighted by Gasteiger charge is -2.20. The molecule has 0 fully saturated rings. The van der Waals surface area contributed by atoms with Crippen LogP contribution >= 0.6 is 0 Å². The van der Waals surface area contributed by atoms with Crippen LogP contribution in [-0.4, -0.2) is 34.4 Å². The standard InChI is InChI=1S/C21H27N3O3/c1-4-6-13-23(5-2)21(27)17-8-10-18(11-9-17)22-19(25)15-24-14-16(3)7-12-20(24)26/h7-12,14H,4-6,13,15H2,1-3H3,(H,22,25). The van der Waals surface area contributed by atoms with E-state index in [1.165, 1.54) is 10.6 Å². The lowest BCUT2D eigenvalue weighted by Crippen LogP contribution is -2.31. The molecule has 2 rings (SSSR count). The zero-order chi connectivity index (χ0) is 19.8. The summed E-state index contributed by atoms with van der Waals surface area (Å²) in [4.78, 5) is 38.3. The maximum absolute atomic E-state index is 12.5. The van der Waals surface area contributed by atoms with Gasteiger partial charge in [-0.3, -0.25) is 14.4 Å². The third-order valence-corrected chi connectivity index (χ3v) is 4.31. The van der Waals surface area contributed by atoms with E-state index < -0.39 is 0 Å². The Hall–Kier alpha value is -2.89. The van der Waals surface area contributed by atoms with Gasteiger partial charge in [-0.05, 0) is 50.1 Å². The number of benzene rings is 1. The van der Waals surface area contributed by atoms with Gasteiger partial charge in [0.25, 0.3) is 11.5 Å². The number of unbranched alkanes of at least 4 members (excludes halogenated alkanes) is 1. The number of rotatable bonds is 8. The van der Waals surface area contributed by atoms with Crippen molar-refractivity contribution in [2.45, 2.75) is 40.2 Å². The molecule has 1 heterocycles. The van der Waals surface area contributed by atoms with Gasteiger partial charge in [0.05, 0.1) is 0 Å². The highest BCUT2D eigenvalue weighted by Crippen LogP contribution is 2.12.